The molecule has 0 spiro atoms. The van der Waals surface area contributed by atoms with Crippen molar-refractivity contribution >= 4 is 5.97 Å². The standard InChI is InChI=1S/C16H20O4/c17-7-8-20-16(15(18)19)13-5-6-14(16)10-12-4-2-1-3-11(12)9-13/h1-4,13-14,17H,5-10H2,(H,18,19). The van der Waals surface area contributed by atoms with E-state index < -0.39 is 11.6 Å². The number of fused-ring (bicyclic) bond motifs is 3. The van der Waals surface area contributed by atoms with Crippen LogP contribution >= 0.6 is 0 Å². The fraction of sp³-hybridized carbons (Fsp3) is 0.562. The van der Waals surface area contributed by atoms with Gasteiger partial charge in [0.25, 0.3) is 0 Å². The molecule has 0 saturated heterocycles. The van der Waals surface area contributed by atoms with Gasteiger partial charge in [0.1, 0.15) is 0 Å². The van der Waals surface area contributed by atoms with Gasteiger partial charge in [-0.3, -0.25) is 0 Å². The summed E-state index contributed by atoms with van der Waals surface area (Å²) in [5, 5.41) is 18.8. The lowest BCUT2D eigenvalue weighted by Gasteiger charge is -2.34. The van der Waals surface area contributed by atoms with Gasteiger partial charge in [-0.2, -0.15) is 0 Å². The Balaban J connectivity index is 2.00. The van der Waals surface area contributed by atoms with Crippen molar-refractivity contribution in [2.24, 2.45) is 11.8 Å². The number of rotatable bonds is 4. The van der Waals surface area contributed by atoms with Gasteiger partial charge in [0, 0.05) is 11.8 Å². The summed E-state index contributed by atoms with van der Waals surface area (Å²) < 4.78 is 5.73. The lowest BCUT2D eigenvalue weighted by Crippen LogP contribution is -2.51. The Morgan fingerprint density at radius 3 is 2.20 bits per heavy atom. The van der Waals surface area contributed by atoms with Gasteiger partial charge in [0.15, 0.2) is 5.60 Å². The number of benzene rings is 1. The third-order valence-electron chi connectivity index (χ3n) is 4.89. The van der Waals surface area contributed by atoms with E-state index in [2.05, 4.69) is 12.1 Å². The van der Waals surface area contributed by atoms with Crippen LogP contribution < -0.4 is 0 Å². The van der Waals surface area contributed by atoms with Crippen molar-refractivity contribution in [1.29, 1.82) is 0 Å². The Kier molecular flexibility index (Phi) is 3.52. The summed E-state index contributed by atoms with van der Waals surface area (Å²) >= 11 is 0. The highest BCUT2D eigenvalue weighted by Gasteiger charge is 2.58. The average molecular weight is 276 g/mol. The lowest BCUT2D eigenvalue weighted by molar-refractivity contribution is -0.180. The molecule has 0 heterocycles. The molecule has 1 aromatic rings. The second-order valence-electron chi connectivity index (χ2n) is 5.82. The number of hydrogen-bond acceptors (Lipinski definition) is 3. The van der Waals surface area contributed by atoms with Gasteiger partial charge in [-0.25, -0.2) is 4.79 Å². The zero-order valence-electron chi connectivity index (χ0n) is 11.4. The number of hydrogen-bond donors (Lipinski definition) is 2. The molecule has 1 aromatic carbocycles. The molecule has 2 aliphatic carbocycles. The second kappa shape index (κ2) is 5.19. The fourth-order valence-electron chi connectivity index (χ4n) is 4.02. The van der Waals surface area contributed by atoms with Crippen molar-refractivity contribution in [1.82, 2.24) is 0 Å². The summed E-state index contributed by atoms with van der Waals surface area (Å²) in [6.45, 7) is -0.0446. The minimum absolute atomic E-state index is 0.000185. The Morgan fingerprint density at radius 2 is 1.75 bits per heavy atom. The number of ether oxygens (including phenoxy) is 1. The third-order valence-corrected chi connectivity index (χ3v) is 4.89. The zero-order valence-corrected chi connectivity index (χ0v) is 11.4. The van der Waals surface area contributed by atoms with Crippen LogP contribution in [0.5, 0.6) is 0 Å². The molecule has 20 heavy (non-hydrogen) atoms. The summed E-state index contributed by atoms with van der Waals surface area (Å²) in [6, 6.07) is 8.20. The highest BCUT2D eigenvalue weighted by atomic mass is 16.5. The number of carboxylic acids is 1. The van der Waals surface area contributed by atoms with Crippen LogP contribution in [-0.4, -0.2) is 35.0 Å². The van der Waals surface area contributed by atoms with Crippen LogP contribution in [0.4, 0.5) is 0 Å². The van der Waals surface area contributed by atoms with E-state index in [1.807, 2.05) is 12.1 Å². The minimum atomic E-state index is -1.12. The van der Waals surface area contributed by atoms with Crippen LogP contribution in [0.1, 0.15) is 24.0 Å². The topological polar surface area (TPSA) is 66.8 Å². The first kappa shape index (κ1) is 13.6. The molecule has 4 heteroatoms. The molecule has 0 aliphatic heterocycles. The average Bonchev–Trinajstić information content (AvgIpc) is 2.68. The maximum atomic E-state index is 11.9. The molecule has 3 rings (SSSR count). The van der Waals surface area contributed by atoms with Crippen molar-refractivity contribution < 1.29 is 19.7 Å². The Hall–Kier alpha value is -1.39. The van der Waals surface area contributed by atoms with Gasteiger partial charge >= 0.3 is 5.97 Å². The van der Waals surface area contributed by atoms with Crippen LogP contribution in [0.3, 0.4) is 0 Å². The van der Waals surface area contributed by atoms with Crippen molar-refractivity contribution in [3.63, 3.8) is 0 Å². The smallest absolute Gasteiger partial charge is 0.336 e. The van der Waals surface area contributed by atoms with Gasteiger partial charge in [-0.15, -0.1) is 0 Å². The van der Waals surface area contributed by atoms with Crippen LogP contribution in [0.25, 0.3) is 0 Å². The Labute approximate surface area is 118 Å². The molecule has 4 nitrogen and oxygen atoms in total. The van der Waals surface area contributed by atoms with Gasteiger partial charge < -0.3 is 14.9 Å². The zero-order chi connectivity index (χ0) is 14.2. The SMILES string of the molecule is O=C(O)C1(OCCO)C2CCC1Cc1ccccc1C2. The van der Waals surface area contributed by atoms with E-state index in [9.17, 15) is 9.90 Å². The Bertz CT molecular complexity index is 478. The summed E-state index contributed by atoms with van der Waals surface area (Å²) in [5.41, 5.74) is 1.37. The van der Waals surface area contributed by atoms with Crippen LogP contribution in [0.15, 0.2) is 24.3 Å². The summed E-state index contributed by atoms with van der Waals surface area (Å²) in [5.74, 6) is -0.869. The summed E-state index contributed by atoms with van der Waals surface area (Å²) in [4.78, 5) is 11.9. The van der Waals surface area contributed by atoms with Crippen LogP contribution in [0, 0.1) is 11.8 Å². The largest absolute Gasteiger partial charge is 0.479 e. The number of aliphatic carboxylic acids is 1. The van der Waals surface area contributed by atoms with E-state index in [4.69, 9.17) is 9.84 Å². The number of carboxylic acid groups (broad SMARTS) is 1. The molecular formula is C16H20O4. The molecular weight excluding hydrogens is 256 g/mol. The minimum Gasteiger partial charge on any atom is -0.479 e. The van der Waals surface area contributed by atoms with E-state index in [1.165, 1.54) is 11.1 Å². The lowest BCUT2D eigenvalue weighted by atomic mass is 9.82. The van der Waals surface area contributed by atoms with Gasteiger partial charge in [-0.1, -0.05) is 24.3 Å². The van der Waals surface area contributed by atoms with E-state index in [-0.39, 0.29) is 25.0 Å². The van der Waals surface area contributed by atoms with Gasteiger partial charge in [0.05, 0.1) is 13.2 Å². The quantitative estimate of drug-likeness (QED) is 0.877. The predicted octanol–water partition coefficient (Wildman–Crippen LogP) is 1.64. The highest BCUT2D eigenvalue weighted by molar-refractivity contribution is 5.79. The van der Waals surface area contributed by atoms with Gasteiger partial charge in [-0.05, 0) is 36.8 Å². The monoisotopic (exact) mass is 276 g/mol. The third kappa shape index (κ3) is 1.95. The summed E-state index contributed by atoms with van der Waals surface area (Å²) in [7, 11) is 0. The number of aliphatic hydroxyl groups excluding tert-OH is 1. The number of carbonyl (C=O) groups is 1. The van der Waals surface area contributed by atoms with Crippen molar-refractivity contribution in [3.8, 4) is 0 Å². The maximum absolute atomic E-state index is 11.9. The molecule has 2 unspecified atom stereocenters. The normalized spacial score (nSPS) is 31.6. The molecule has 2 atom stereocenters. The maximum Gasteiger partial charge on any atom is 0.336 e. The second-order valence-corrected chi connectivity index (χ2v) is 5.82. The van der Waals surface area contributed by atoms with Crippen molar-refractivity contribution in [3.05, 3.63) is 35.4 Å². The molecule has 1 fully saturated rings. The first-order valence-electron chi connectivity index (χ1n) is 7.23. The molecule has 108 valence electrons. The molecule has 2 N–H and O–H groups in total. The van der Waals surface area contributed by atoms with Gasteiger partial charge in [0.2, 0.25) is 0 Å². The van der Waals surface area contributed by atoms with Crippen molar-refractivity contribution in [2.45, 2.75) is 31.3 Å². The molecule has 2 aliphatic rings. The predicted molar refractivity (Wildman–Crippen MR) is 73.5 cm³/mol. The fourth-order valence-corrected chi connectivity index (χ4v) is 4.02. The van der Waals surface area contributed by atoms with Crippen LogP contribution in [-0.2, 0) is 22.4 Å². The highest BCUT2D eigenvalue weighted by Crippen LogP contribution is 2.49. The number of aliphatic hydroxyl groups is 1. The van der Waals surface area contributed by atoms with E-state index in [1.54, 1.807) is 0 Å². The first-order chi connectivity index (χ1) is 9.68. The van der Waals surface area contributed by atoms with E-state index >= 15 is 0 Å². The van der Waals surface area contributed by atoms with E-state index in [0.717, 1.165) is 25.7 Å². The van der Waals surface area contributed by atoms with E-state index in [0.29, 0.717) is 0 Å². The molecule has 2 bridgehead atoms. The summed E-state index contributed by atoms with van der Waals surface area (Å²) in [6.07, 6.45) is 3.28. The molecule has 0 aromatic heterocycles. The molecule has 0 radical (unpaired) electrons. The Morgan fingerprint density at radius 1 is 1.20 bits per heavy atom. The molecule has 0 amide bonds. The van der Waals surface area contributed by atoms with Crippen LogP contribution in [0.2, 0.25) is 0 Å². The van der Waals surface area contributed by atoms with Crippen molar-refractivity contribution in [2.75, 3.05) is 13.2 Å². The molecule has 1 saturated carbocycles. The first-order valence-corrected chi connectivity index (χ1v) is 7.23.